The van der Waals surface area contributed by atoms with Crippen LogP contribution < -0.4 is 5.73 Å². The molecule has 1 unspecified atom stereocenters. The first-order valence-corrected chi connectivity index (χ1v) is 5.47. The third-order valence-electron chi connectivity index (χ3n) is 2.68. The highest BCUT2D eigenvalue weighted by molar-refractivity contribution is 5.76. The molecule has 0 fully saturated rings. The minimum absolute atomic E-state index is 0.169. The van der Waals surface area contributed by atoms with Gasteiger partial charge in [0.15, 0.2) is 0 Å². The van der Waals surface area contributed by atoms with Crippen LogP contribution in [0.1, 0.15) is 18.8 Å². The Morgan fingerprint density at radius 3 is 2.88 bits per heavy atom. The van der Waals surface area contributed by atoms with Gasteiger partial charge in [-0.1, -0.05) is 12.1 Å². The Hall–Kier alpha value is -1.39. The van der Waals surface area contributed by atoms with E-state index in [2.05, 4.69) is 22.5 Å². The molecule has 2 rings (SSSR count). The number of methoxy groups -OCH3 is 1. The summed E-state index contributed by atoms with van der Waals surface area (Å²) < 4.78 is 7.21. The Bertz CT molecular complexity index is 478. The number of nitrogens with two attached hydrogens (primary N) is 1. The second-order valence-electron chi connectivity index (χ2n) is 3.76. The number of ether oxygens (including phenoxy) is 1. The second-order valence-corrected chi connectivity index (χ2v) is 3.76. The van der Waals surface area contributed by atoms with E-state index < -0.39 is 0 Å². The molecular weight excluding hydrogens is 202 g/mol. The Morgan fingerprint density at radius 1 is 1.44 bits per heavy atom. The molecule has 2 aromatic rings. The molecule has 0 bridgehead atoms. The lowest BCUT2D eigenvalue weighted by Crippen LogP contribution is -2.20. The van der Waals surface area contributed by atoms with Gasteiger partial charge in [0.1, 0.15) is 5.82 Å². The van der Waals surface area contributed by atoms with Gasteiger partial charge in [0.05, 0.1) is 23.7 Å². The van der Waals surface area contributed by atoms with E-state index in [4.69, 9.17) is 10.5 Å². The van der Waals surface area contributed by atoms with Crippen molar-refractivity contribution in [1.82, 2.24) is 9.55 Å². The van der Waals surface area contributed by atoms with Gasteiger partial charge in [-0.3, -0.25) is 0 Å². The maximum Gasteiger partial charge on any atom is 0.129 e. The second kappa shape index (κ2) is 4.63. The molecule has 86 valence electrons. The average molecular weight is 219 g/mol. The highest BCUT2D eigenvalue weighted by Gasteiger charge is 2.15. The fourth-order valence-corrected chi connectivity index (χ4v) is 1.96. The summed E-state index contributed by atoms with van der Waals surface area (Å²) in [6, 6.07) is 7.90. The molecule has 1 aromatic carbocycles. The van der Waals surface area contributed by atoms with Crippen LogP contribution in [-0.4, -0.2) is 23.3 Å². The average Bonchev–Trinajstić information content (AvgIpc) is 2.67. The van der Waals surface area contributed by atoms with Crippen LogP contribution in [0.3, 0.4) is 0 Å². The third-order valence-corrected chi connectivity index (χ3v) is 2.68. The maximum atomic E-state index is 6.04. The number of hydrogen-bond acceptors (Lipinski definition) is 3. The van der Waals surface area contributed by atoms with Gasteiger partial charge in [0.2, 0.25) is 0 Å². The Kier molecular flexibility index (Phi) is 3.22. The number of hydrogen-bond donors (Lipinski definition) is 1. The summed E-state index contributed by atoms with van der Waals surface area (Å²) in [5.74, 6) is 0.894. The largest absolute Gasteiger partial charge is 0.383 e. The molecule has 0 radical (unpaired) electrons. The van der Waals surface area contributed by atoms with E-state index in [-0.39, 0.29) is 6.04 Å². The number of para-hydroxylation sites is 2. The highest BCUT2D eigenvalue weighted by Crippen LogP contribution is 2.19. The molecule has 0 amide bonds. The van der Waals surface area contributed by atoms with Gasteiger partial charge in [-0.15, -0.1) is 0 Å². The molecule has 16 heavy (non-hydrogen) atoms. The normalized spacial score (nSPS) is 13.2. The summed E-state index contributed by atoms with van der Waals surface area (Å²) in [6.07, 6.45) is 0. The summed E-state index contributed by atoms with van der Waals surface area (Å²) in [5, 5.41) is 0. The van der Waals surface area contributed by atoms with Crippen molar-refractivity contribution in [1.29, 1.82) is 0 Å². The topological polar surface area (TPSA) is 53.1 Å². The van der Waals surface area contributed by atoms with Crippen molar-refractivity contribution in [2.45, 2.75) is 19.5 Å². The Morgan fingerprint density at radius 2 is 2.19 bits per heavy atom. The minimum Gasteiger partial charge on any atom is -0.383 e. The van der Waals surface area contributed by atoms with Crippen molar-refractivity contribution in [2.24, 2.45) is 5.73 Å². The van der Waals surface area contributed by atoms with E-state index in [1.165, 1.54) is 0 Å². The van der Waals surface area contributed by atoms with Crippen molar-refractivity contribution in [3.63, 3.8) is 0 Å². The number of rotatable bonds is 4. The molecule has 2 N–H and O–H groups in total. The fourth-order valence-electron chi connectivity index (χ4n) is 1.96. The minimum atomic E-state index is -0.169. The van der Waals surface area contributed by atoms with Gasteiger partial charge < -0.3 is 15.0 Å². The van der Waals surface area contributed by atoms with Crippen molar-refractivity contribution in [3.05, 3.63) is 30.1 Å². The summed E-state index contributed by atoms with van der Waals surface area (Å²) in [7, 11) is 1.65. The van der Waals surface area contributed by atoms with Crippen LogP contribution in [0.25, 0.3) is 11.0 Å². The van der Waals surface area contributed by atoms with Crippen LogP contribution in [0.4, 0.5) is 0 Å². The Labute approximate surface area is 95.0 Å². The van der Waals surface area contributed by atoms with Crippen LogP contribution in [0.15, 0.2) is 24.3 Å². The lowest BCUT2D eigenvalue weighted by atomic mass is 10.3. The van der Waals surface area contributed by atoms with Gasteiger partial charge in [-0.2, -0.15) is 0 Å². The number of fused-ring (bicyclic) bond motifs is 1. The van der Waals surface area contributed by atoms with Crippen molar-refractivity contribution >= 4 is 11.0 Å². The SMILES string of the molecule is CCn1c(C(N)COC)nc2ccccc21. The quantitative estimate of drug-likeness (QED) is 0.851. The zero-order valence-electron chi connectivity index (χ0n) is 9.68. The molecule has 0 spiro atoms. The molecule has 0 saturated carbocycles. The fraction of sp³-hybridized carbons (Fsp3) is 0.417. The highest BCUT2D eigenvalue weighted by atomic mass is 16.5. The molecule has 0 aliphatic carbocycles. The van der Waals surface area contributed by atoms with Crippen molar-refractivity contribution < 1.29 is 4.74 Å². The summed E-state index contributed by atoms with van der Waals surface area (Å²) >= 11 is 0. The van der Waals surface area contributed by atoms with Crippen LogP contribution >= 0.6 is 0 Å². The summed E-state index contributed by atoms with van der Waals surface area (Å²) in [4.78, 5) is 4.56. The molecule has 0 aliphatic heterocycles. The van der Waals surface area contributed by atoms with Crippen molar-refractivity contribution in [3.8, 4) is 0 Å². The van der Waals surface area contributed by atoms with E-state index in [0.29, 0.717) is 6.61 Å². The zero-order chi connectivity index (χ0) is 11.5. The summed E-state index contributed by atoms with van der Waals surface area (Å²) in [5.41, 5.74) is 8.16. The number of nitrogens with zero attached hydrogens (tertiary/aromatic N) is 2. The van der Waals surface area contributed by atoms with Crippen LogP contribution in [0.2, 0.25) is 0 Å². The van der Waals surface area contributed by atoms with Crippen molar-refractivity contribution in [2.75, 3.05) is 13.7 Å². The number of imidazole rings is 1. The molecule has 4 heteroatoms. The van der Waals surface area contributed by atoms with Gasteiger partial charge in [-0.05, 0) is 19.1 Å². The first-order valence-electron chi connectivity index (χ1n) is 5.47. The first kappa shape index (κ1) is 11.1. The molecule has 1 aromatic heterocycles. The Balaban J connectivity index is 2.51. The molecular formula is C12H17N3O. The van der Waals surface area contributed by atoms with E-state index in [1.807, 2.05) is 18.2 Å². The molecule has 4 nitrogen and oxygen atoms in total. The van der Waals surface area contributed by atoms with Gasteiger partial charge in [0.25, 0.3) is 0 Å². The predicted octanol–water partition coefficient (Wildman–Crippen LogP) is 1.70. The predicted molar refractivity (Wildman–Crippen MR) is 64.2 cm³/mol. The molecule has 0 saturated heterocycles. The summed E-state index contributed by atoms with van der Waals surface area (Å²) in [6.45, 7) is 3.45. The van der Waals surface area contributed by atoms with Gasteiger partial charge in [-0.25, -0.2) is 4.98 Å². The molecule has 1 atom stereocenters. The van der Waals surface area contributed by atoms with E-state index in [0.717, 1.165) is 23.4 Å². The van der Waals surface area contributed by atoms with Crippen LogP contribution in [0, 0.1) is 0 Å². The monoisotopic (exact) mass is 219 g/mol. The zero-order valence-corrected chi connectivity index (χ0v) is 9.68. The molecule has 1 heterocycles. The smallest absolute Gasteiger partial charge is 0.129 e. The van der Waals surface area contributed by atoms with Crippen LogP contribution in [-0.2, 0) is 11.3 Å². The van der Waals surface area contributed by atoms with E-state index in [1.54, 1.807) is 7.11 Å². The van der Waals surface area contributed by atoms with E-state index in [9.17, 15) is 0 Å². The van der Waals surface area contributed by atoms with Crippen LogP contribution in [0.5, 0.6) is 0 Å². The third kappa shape index (κ3) is 1.81. The van der Waals surface area contributed by atoms with Gasteiger partial charge in [0, 0.05) is 13.7 Å². The van der Waals surface area contributed by atoms with Gasteiger partial charge >= 0.3 is 0 Å². The standard InChI is InChI=1S/C12H17N3O/c1-3-15-11-7-5-4-6-10(11)14-12(15)9(13)8-16-2/h4-7,9H,3,8,13H2,1-2H3. The number of aryl methyl sites for hydroxylation is 1. The number of aromatic nitrogens is 2. The first-order chi connectivity index (χ1) is 7.77. The van der Waals surface area contributed by atoms with E-state index >= 15 is 0 Å². The maximum absolute atomic E-state index is 6.04. The molecule has 0 aliphatic rings. The lowest BCUT2D eigenvalue weighted by Gasteiger charge is -2.12. The number of benzene rings is 1. The lowest BCUT2D eigenvalue weighted by molar-refractivity contribution is 0.177.